The molecule has 2 aromatic carbocycles. The number of hydrogen-bond acceptors (Lipinski definition) is 2. The number of hydrogen-bond donors (Lipinski definition) is 2. The van der Waals surface area contributed by atoms with Gasteiger partial charge in [-0.2, -0.15) is 0 Å². The Hall–Kier alpha value is -2.62. The lowest BCUT2D eigenvalue weighted by atomic mass is 9.80. The molecule has 0 bridgehead atoms. The van der Waals surface area contributed by atoms with Crippen LogP contribution in [0, 0.1) is 0 Å². The van der Waals surface area contributed by atoms with Crippen LogP contribution in [0.5, 0.6) is 0 Å². The Labute approximate surface area is 155 Å². The maximum atomic E-state index is 13.1. The molecule has 0 aliphatic carbocycles. The summed E-state index contributed by atoms with van der Waals surface area (Å²) in [7, 11) is 0. The molecule has 2 aromatic rings. The summed E-state index contributed by atoms with van der Waals surface area (Å²) in [6.07, 6.45) is 4.07. The van der Waals surface area contributed by atoms with Gasteiger partial charge in [-0.3, -0.25) is 9.59 Å². The minimum Gasteiger partial charge on any atom is -0.356 e. The average molecular weight is 350 g/mol. The van der Waals surface area contributed by atoms with Crippen LogP contribution >= 0.6 is 0 Å². The summed E-state index contributed by atoms with van der Waals surface area (Å²) in [6, 6.07) is 19.2. The van der Waals surface area contributed by atoms with Crippen molar-refractivity contribution in [3.8, 4) is 0 Å². The molecule has 0 aromatic heterocycles. The highest BCUT2D eigenvalue weighted by Crippen LogP contribution is 2.34. The molecule has 1 aliphatic rings. The molecular formula is C22H26N2O2. The Morgan fingerprint density at radius 3 is 1.35 bits per heavy atom. The summed E-state index contributed by atoms with van der Waals surface area (Å²) < 4.78 is 0. The smallest absolute Gasteiger partial charge is 0.228 e. The third kappa shape index (κ3) is 4.51. The molecule has 0 unspecified atom stereocenters. The number of nitrogens with one attached hydrogen (secondary N) is 2. The molecule has 2 N–H and O–H groups in total. The zero-order valence-corrected chi connectivity index (χ0v) is 15.0. The van der Waals surface area contributed by atoms with E-state index >= 15 is 0 Å². The van der Waals surface area contributed by atoms with Crippen LogP contribution in [-0.2, 0) is 9.59 Å². The van der Waals surface area contributed by atoms with Crippen molar-refractivity contribution in [2.45, 2.75) is 37.5 Å². The van der Waals surface area contributed by atoms with Crippen LogP contribution in [0.15, 0.2) is 60.7 Å². The monoisotopic (exact) mass is 350 g/mol. The van der Waals surface area contributed by atoms with E-state index in [1.807, 2.05) is 60.7 Å². The summed E-state index contributed by atoms with van der Waals surface area (Å²) >= 11 is 0. The fraction of sp³-hybridized carbons (Fsp3) is 0.364. The molecule has 2 amide bonds. The minimum atomic E-state index is -0.543. The van der Waals surface area contributed by atoms with Crippen LogP contribution in [0.25, 0.3) is 0 Å². The van der Waals surface area contributed by atoms with Crippen molar-refractivity contribution >= 4 is 11.8 Å². The van der Waals surface area contributed by atoms with Gasteiger partial charge in [-0.05, 0) is 24.0 Å². The summed E-state index contributed by atoms with van der Waals surface area (Å²) in [4.78, 5) is 26.1. The molecule has 1 aliphatic heterocycles. The number of amides is 2. The van der Waals surface area contributed by atoms with Crippen LogP contribution in [0.2, 0.25) is 0 Å². The molecule has 1 heterocycles. The molecule has 26 heavy (non-hydrogen) atoms. The molecule has 4 nitrogen and oxygen atoms in total. The summed E-state index contributed by atoms with van der Waals surface area (Å²) in [5.41, 5.74) is 1.73. The molecule has 136 valence electrons. The first-order valence-corrected chi connectivity index (χ1v) is 9.42. The van der Waals surface area contributed by atoms with E-state index in [-0.39, 0.29) is 11.8 Å². The fourth-order valence-corrected chi connectivity index (χ4v) is 3.56. The van der Waals surface area contributed by atoms with E-state index in [9.17, 15) is 9.59 Å². The third-order valence-electron chi connectivity index (χ3n) is 4.92. The Morgan fingerprint density at radius 1 is 0.577 bits per heavy atom. The fourth-order valence-electron chi connectivity index (χ4n) is 3.56. The lowest BCUT2D eigenvalue weighted by Gasteiger charge is -2.27. The van der Waals surface area contributed by atoms with Crippen LogP contribution in [0.3, 0.4) is 0 Å². The maximum Gasteiger partial charge on any atom is 0.228 e. The number of benzene rings is 2. The maximum absolute atomic E-state index is 13.1. The molecule has 1 saturated heterocycles. The lowest BCUT2D eigenvalue weighted by molar-refractivity contribution is -0.129. The van der Waals surface area contributed by atoms with Gasteiger partial charge in [0.25, 0.3) is 0 Å². The van der Waals surface area contributed by atoms with Crippen molar-refractivity contribution in [2.24, 2.45) is 0 Å². The molecule has 0 saturated carbocycles. The normalized spacial score (nSPS) is 22.5. The lowest BCUT2D eigenvalue weighted by Crippen LogP contribution is -2.40. The number of rotatable bonds is 2. The highest BCUT2D eigenvalue weighted by molar-refractivity contribution is 5.94. The Kier molecular flexibility index (Phi) is 6.42. The van der Waals surface area contributed by atoms with Crippen molar-refractivity contribution in [2.75, 3.05) is 13.1 Å². The second-order valence-corrected chi connectivity index (χ2v) is 6.77. The van der Waals surface area contributed by atoms with Gasteiger partial charge in [0, 0.05) is 13.1 Å². The van der Waals surface area contributed by atoms with Gasteiger partial charge in [0.1, 0.15) is 0 Å². The Morgan fingerprint density at radius 2 is 0.962 bits per heavy atom. The molecule has 1 fully saturated rings. The first kappa shape index (κ1) is 18.2. The largest absolute Gasteiger partial charge is 0.356 e. The second-order valence-electron chi connectivity index (χ2n) is 6.77. The van der Waals surface area contributed by atoms with E-state index in [1.165, 1.54) is 0 Å². The van der Waals surface area contributed by atoms with Crippen LogP contribution < -0.4 is 10.6 Å². The van der Waals surface area contributed by atoms with Crippen LogP contribution in [-0.4, -0.2) is 24.9 Å². The van der Waals surface area contributed by atoms with E-state index < -0.39 is 11.8 Å². The predicted octanol–water partition coefficient (Wildman–Crippen LogP) is 3.36. The number of carbonyl (C=O) groups excluding carboxylic acids is 2. The molecule has 0 radical (unpaired) electrons. The minimum absolute atomic E-state index is 0.0826. The molecule has 3 rings (SSSR count). The topological polar surface area (TPSA) is 58.2 Å². The van der Waals surface area contributed by atoms with E-state index in [0.717, 1.165) is 36.8 Å². The van der Waals surface area contributed by atoms with E-state index in [0.29, 0.717) is 13.1 Å². The van der Waals surface area contributed by atoms with Gasteiger partial charge in [0.2, 0.25) is 11.8 Å². The first-order chi connectivity index (χ1) is 12.8. The van der Waals surface area contributed by atoms with Crippen molar-refractivity contribution in [1.82, 2.24) is 10.6 Å². The van der Waals surface area contributed by atoms with Gasteiger partial charge in [-0.15, -0.1) is 0 Å². The molecular weight excluding hydrogens is 324 g/mol. The van der Waals surface area contributed by atoms with Crippen molar-refractivity contribution in [3.63, 3.8) is 0 Å². The van der Waals surface area contributed by atoms with Gasteiger partial charge in [0.15, 0.2) is 0 Å². The highest BCUT2D eigenvalue weighted by Gasteiger charge is 2.36. The third-order valence-corrected chi connectivity index (χ3v) is 4.92. The highest BCUT2D eigenvalue weighted by atomic mass is 16.2. The van der Waals surface area contributed by atoms with E-state index in [1.54, 1.807) is 0 Å². The zero-order chi connectivity index (χ0) is 18.2. The van der Waals surface area contributed by atoms with E-state index in [2.05, 4.69) is 10.6 Å². The SMILES string of the molecule is O=C1NCCCCCCNC(=O)[C@@H](c2ccccc2)[C@H]1c1ccccc1. The predicted molar refractivity (Wildman–Crippen MR) is 103 cm³/mol. The van der Waals surface area contributed by atoms with Crippen LogP contribution in [0.4, 0.5) is 0 Å². The van der Waals surface area contributed by atoms with Crippen LogP contribution in [0.1, 0.15) is 48.6 Å². The quantitative estimate of drug-likeness (QED) is 0.872. The first-order valence-electron chi connectivity index (χ1n) is 9.42. The van der Waals surface area contributed by atoms with Crippen molar-refractivity contribution < 1.29 is 9.59 Å². The number of carbonyl (C=O) groups is 2. The Bertz CT molecular complexity index is 652. The van der Waals surface area contributed by atoms with Gasteiger partial charge >= 0.3 is 0 Å². The molecule has 4 heteroatoms. The van der Waals surface area contributed by atoms with Crippen molar-refractivity contribution in [3.05, 3.63) is 71.8 Å². The van der Waals surface area contributed by atoms with Gasteiger partial charge in [-0.25, -0.2) is 0 Å². The summed E-state index contributed by atoms with van der Waals surface area (Å²) in [5.74, 6) is -1.25. The summed E-state index contributed by atoms with van der Waals surface area (Å²) in [5, 5.41) is 6.10. The molecule has 0 spiro atoms. The van der Waals surface area contributed by atoms with Gasteiger partial charge in [0.05, 0.1) is 11.8 Å². The standard InChI is InChI=1S/C22H26N2O2/c25-21-19(17-11-5-3-6-12-17)20(18-13-7-4-8-14-18)22(26)24-16-10-2-1-9-15-23-21/h3-8,11-14,19-20H,1-2,9-10,15-16H2,(H,23,25)(H,24,26)/t19-,20+. The Balaban J connectivity index is 2.02. The van der Waals surface area contributed by atoms with Gasteiger partial charge < -0.3 is 10.6 Å². The second kappa shape index (κ2) is 9.18. The average Bonchev–Trinajstić information content (AvgIpc) is 2.68. The zero-order valence-electron chi connectivity index (χ0n) is 15.0. The van der Waals surface area contributed by atoms with Crippen molar-refractivity contribution in [1.29, 1.82) is 0 Å². The summed E-state index contributed by atoms with van der Waals surface area (Å²) in [6.45, 7) is 1.32. The molecule has 2 atom stereocenters. The van der Waals surface area contributed by atoms with E-state index in [4.69, 9.17) is 0 Å². The van der Waals surface area contributed by atoms with Gasteiger partial charge in [-0.1, -0.05) is 73.5 Å².